The second-order valence-electron chi connectivity index (χ2n) is 5.89. The fourth-order valence-electron chi connectivity index (χ4n) is 2.63. The summed E-state index contributed by atoms with van der Waals surface area (Å²) < 4.78 is 7.89. The average Bonchev–Trinajstić information content (AvgIpc) is 3.21. The molecule has 4 N–H and O–H groups in total. The lowest BCUT2D eigenvalue weighted by Gasteiger charge is -2.01. The molecule has 0 aliphatic rings. The Morgan fingerprint density at radius 2 is 2.18 bits per heavy atom. The molecule has 0 unspecified atom stereocenters. The Morgan fingerprint density at radius 3 is 2.86 bits per heavy atom. The van der Waals surface area contributed by atoms with Crippen molar-refractivity contribution in [2.75, 3.05) is 6.54 Å². The minimum atomic E-state index is -0.573. The Bertz CT molecular complexity index is 1140. The van der Waals surface area contributed by atoms with Crippen molar-refractivity contribution in [3.8, 4) is 0 Å². The maximum absolute atomic E-state index is 12.7. The number of hydrogen-bond donors (Lipinski definition) is 2. The Balaban J connectivity index is 2.15. The van der Waals surface area contributed by atoms with Crippen molar-refractivity contribution < 1.29 is 14.0 Å². The molecule has 0 atom stereocenters. The number of primary amides is 1. The number of aryl methyl sites for hydroxylation is 2. The van der Waals surface area contributed by atoms with Crippen LogP contribution in [0, 0.1) is 6.92 Å². The van der Waals surface area contributed by atoms with Crippen LogP contribution in [0.3, 0.4) is 0 Å². The van der Waals surface area contributed by atoms with Crippen molar-refractivity contribution in [1.82, 2.24) is 14.5 Å². The molecule has 0 saturated carbocycles. The molecule has 9 nitrogen and oxygen atoms in total. The monoisotopic (exact) mass is 400 g/mol. The third-order valence-electron chi connectivity index (χ3n) is 3.93. The maximum atomic E-state index is 12.7. The SMILES string of the molecule is CCc1nc(C)oc1C(=O)N=c1sc2cc(C(N)=O)cnc2n1C/C=C/CN. The van der Waals surface area contributed by atoms with Crippen LogP contribution in [-0.2, 0) is 13.0 Å². The van der Waals surface area contributed by atoms with E-state index in [1.54, 1.807) is 23.6 Å². The van der Waals surface area contributed by atoms with Crippen LogP contribution in [0.2, 0.25) is 0 Å². The summed E-state index contributed by atoms with van der Waals surface area (Å²) >= 11 is 1.23. The van der Waals surface area contributed by atoms with Crippen molar-refractivity contribution in [2.45, 2.75) is 26.8 Å². The van der Waals surface area contributed by atoms with Gasteiger partial charge in [0.05, 0.1) is 16.0 Å². The van der Waals surface area contributed by atoms with Gasteiger partial charge in [-0.05, 0) is 12.5 Å². The van der Waals surface area contributed by atoms with E-state index in [0.29, 0.717) is 46.2 Å². The number of nitrogens with zero attached hydrogens (tertiary/aromatic N) is 4. The lowest BCUT2D eigenvalue weighted by molar-refractivity contribution is 0.0967. The number of aromatic nitrogens is 3. The average molecular weight is 400 g/mol. The predicted molar refractivity (Wildman–Crippen MR) is 105 cm³/mol. The predicted octanol–water partition coefficient (Wildman–Crippen LogP) is 1.31. The number of hydrogen-bond acceptors (Lipinski definition) is 7. The number of nitrogens with two attached hydrogens (primary N) is 2. The van der Waals surface area contributed by atoms with Crippen molar-refractivity contribution in [3.05, 3.63) is 52.1 Å². The lowest BCUT2D eigenvalue weighted by atomic mass is 10.3. The Hall–Kier alpha value is -3.11. The first-order valence-electron chi connectivity index (χ1n) is 8.64. The molecule has 10 heteroatoms. The Kier molecular flexibility index (Phi) is 5.81. The highest BCUT2D eigenvalue weighted by Crippen LogP contribution is 2.18. The summed E-state index contributed by atoms with van der Waals surface area (Å²) in [6.07, 6.45) is 5.62. The van der Waals surface area contributed by atoms with Crippen molar-refractivity contribution in [3.63, 3.8) is 0 Å². The normalized spacial score (nSPS) is 12.3. The number of fused-ring (bicyclic) bond motifs is 1. The lowest BCUT2D eigenvalue weighted by Crippen LogP contribution is -2.17. The summed E-state index contributed by atoms with van der Waals surface area (Å²) in [6, 6.07) is 1.64. The van der Waals surface area contributed by atoms with Gasteiger partial charge in [0.2, 0.25) is 11.7 Å². The Morgan fingerprint density at radius 1 is 1.39 bits per heavy atom. The third kappa shape index (κ3) is 3.92. The summed E-state index contributed by atoms with van der Waals surface area (Å²) in [7, 11) is 0. The van der Waals surface area contributed by atoms with Crippen LogP contribution in [0.25, 0.3) is 10.3 Å². The van der Waals surface area contributed by atoms with Crippen LogP contribution in [0.1, 0.15) is 39.4 Å². The van der Waals surface area contributed by atoms with Gasteiger partial charge >= 0.3 is 5.91 Å². The van der Waals surface area contributed by atoms with E-state index in [9.17, 15) is 9.59 Å². The van der Waals surface area contributed by atoms with Crippen molar-refractivity contribution >= 4 is 33.5 Å². The minimum absolute atomic E-state index is 0.132. The topological polar surface area (TPSA) is 142 Å². The van der Waals surface area contributed by atoms with Crippen LogP contribution in [0.4, 0.5) is 0 Å². The molecule has 0 spiro atoms. The van der Waals surface area contributed by atoms with E-state index in [1.165, 1.54) is 17.5 Å². The molecule has 28 heavy (non-hydrogen) atoms. The molecule has 0 bridgehead atoms. The second-order valence-corrected chi connectivity index (χ2v) is 6.90. The number of amides is 2. The zero-order valence-corrected chi connectivity index (χ0v) is 16.3. The van der Waals surface area contributed by atoms with Gasteiger partial charge in [-0.3, -0.25) is 14.2 Å². The Labute approximate surface area is 164 Å². The van der Waals surface area contributed by atoms with Crippen LogP contribution in [0.15, 0.2) is 33.8 Å². The standard InChI is InChI=1S/C18H20N6O3S/c1-3-12-14(27-10(2)22-12)17(26)23-18-24(7-5-4-6-19)16-13(28-18)8-11(9-21-16)15(20)25/h4-5,8-9H,3,6-7,19H2,1-2H3,(H2,20,25)/b5-4+,23-18?. The molecule has 3 heterocycles. The van der Waals surface area contributed by atoms with E-state index in [2.05, 4.69) is 15.0 Å². The summed E-state index contributed by atoms with van der Waals surface area (Å²) in [5.41, 5.74) is 12.3. The van der Waals surface area contributed by atoms with E-state index < -0.39 is 11.8 Å². The summed E-state index contributed by atoms with van der Waals surface area (Å²) in [5.74, 6) is -0.544. The van der Waals surface area contributed by atoms with E-state index in [4.69, 9.17) is 15.9 Å². The molecule has 0 fully saturated rings. The summed E-state index contributed by atoms with van der Waals surface area (Å²) in [6.45, 7) is 4.38. The summed E-state index contributed by atoms with van der Waals surface area (Å²) in [5, 5.41) is 0. The van der Waals surface area contributed by atoms with Crippen LogP contribution >= 0.6 is 11.3 Å². The fourth-order valence-corrected chi connectivity index (χ4v) is 3.67. The molecule has 0 aliphatic heterocycles. The zero-order valence-electron chi connectivity index (χ0n) is 15.5. The molecule has 0 aromatic carbocycles. The first kappa shape index (κ1) is 19.6. The largest absolute Gasteiger partial charge is 0.435 e. The third-order valence-corrected chi connectivity index (χ3v) is 4.94. The van der Waals surface area contributed by atoms with E-state index in [1.807, 2.05) is 13.0 Å². The van der Waals surface area contributed by atoms with Gasteiger partial charge < -0.3 is 15.9 Å². The van der Waals surface area contributed by atoms with Crippen molar-refractivity contribution in [1.29, 1.82) is 0 Å². The van der Waals surface area contributed by atoms with Gasteiger partial charge in [-0.25, -0.2) is 9.97 Å². The smallest absolute Gasteiger partial charge is 0.317 e. The molecule has 0 saturated heterocycles. The number of carbonyl (C=O) groups is 2. The van der Waals surface area contributed by atoms with Gasteiger partial charge in [-0.15, -0.1) is 0 Å². The number of pyridine rings is 1. The van der Waals surface area contributed by atoms with Crippen LogP contribution in [-0.4, -0.2) is 32.9 Å². The molecule has 146 valence electrons. The zero-order chi connectivity index (χ0) is 20.3. The quantitative estimate of drug-likeness (QED) is 0.597. The maximum Gasteiger partial charge on any atom is 0.317 e. The van der Waals surface area contributed by atoms with Crippen molar-refractivity contribution in [2.24, 2.45) is 16.5 Å². The van der Waals surface area contributed by atoms with E-state index >= 15 is 0 Å². The van der Waals surface area contributed by atoms with E-state index in [-0.39, 0.29) is 11.3 Å². The van der Waals surface area contributed by atoms with Gasteiger partial charge in [0.15, 0.2) is 16.3 Å². The van der Waals surface area contributed by atoms with Gasteiger partial charge in [-0.1, -0.05) is 30.4 Å². The summed E-state index contributed by atoms with van der Waals surface area (Å²) in [4.78, 5) is 37.3. The highest BCUT2D eigenvalue weighted by Gasteiger charge is 2.18. The number of allylic oxidation sites excluding steroid dienone is 1. The van der Waals surface area contributed by atoms with Gasteiger partial charge in [0.25, 0.3) is 0 Å². The van der Waals surface area contributed by atoms with Gasteiger partial charge in [0.1, 0.15) is 0 Å². The van der Waals surface area contributed by atoms with Crippen LogP contribution < -0.4 is 16.3 Å². The number of oxazole rings is 1. The fraction of sp³-hybridized carbons (Fsp3) is 0.278. The number of carbonyl (C=O) groups excluding carboxylic acids is 2. The molecular formula is C18H20N6O3S. The van der Waals surface area contributed by atoms with E-state index in [0.717, 1.165) is 0 Å². The molecule has 3 aromatic heterocycles. The molecule has 0 aliphatic carbocycles. The molecule has 2 amide bonds. The molecule has 0 radical (unpaired) electrons. The highest BCUT2D eigenvalue weighted by atomic mass is 32.1. The van der Waals surface area contributed by atoms with Crippen LogP contribution in [0.5, 0.6) is 0 Å². The molecule has 3 aromatic rings. The molecule has 3 rings (SSSR count). The first-order chi connectivity index (χ1) is 13.4. The second kappa shape index (κ2) is 8.28. The molecular weight excluding hydrogens is 380 g/mol. The number of thiazole rings is 1. The van der Waals surface area contributed by atoms with Gasteiger partial charge in [0, 0.05) is 26.2 Å². The number of rotatable bonds is 6. The van der Waals surface area contributed by atoms with Gasteiger partial charge in [-0.2, -0.15) is 4.99 Å². The first-order valence-corrected chi connectivity index (χ1v) is 9.45. The highest BCUT2D eigenvalue weighted by molar-refractivity contribution is 7.16. The minimum Gasteiger partial charge on any atom is -0.435 e.